The lowest BCUT2D eigenvalue weighted by molar-refractivity contribution is -0.142. The number of benzene rings is 2. The first kappa shape index (κ1) is 25.5. The van der Waals surface area contributed by atoms with Crippen molar-refractivity contribution in [3.8, 4) is 0 Å². The van der Waals surface area contributed by atoms with E-state index in [1.54, 1.807) is 4.90 Å². The summed E-state index contributed by atoms with van der Waals surface area (Å²) in [5.74, 6) is -0.454. The standard InChI is InChI=1S/C28H36N4O4/c1-20-9-10-23(21(2)17-20)29-26(34)31-14-11-28(12-15-31)13-16-32(19-28)27(35)30-24(25(33)36-3)18-22-7-5-4-6-8-22/h4-10,17,24H,11-16,18-19H2,1-3H3,(H,29,34)(H,30,35). The molecule has 192 valence electrons. The monoisotopic (exact) mass is 492 g/mol. The van der Waals surface area contributed by atoms with Crippen molar-refractivity contribution in [1.29, 1.82) is 0 Å². The molecule has 2 heterocycles. The average molecular weight is 493 g/mol. The van der Waals surface area contributed by atoms with Gasteiger partial charge in [0.15, 0.2) is 0 Å². The molecule has 0 aliphatic carbocycles. The molecule has 2 aromatic carbocycles. The van der Waals surface area contributed by atoms with Crippen LogP contribution in [0.15, 0.2) is 48.5 Å². The molecule has 36 heavy (non-hydrogen) atoms. The highest BCUT2D eigenvalue weighted by Crippen LogP contribution is 2.40. The zero-order chi connectivity index (χ0) is 25.7. The lowest BCUT2D eigenvalue weighted by Crippen LogP contribution is -2.50. The molecule has 0 aromatic heterocycles. The number of nitrogens with one attached hydrogen (secondary N) is 2. The second-order valence-corrected chi connectivity index (χ2v) is 10.1. The fourth-order valence-electron chi connectivity index (χ4n) is 5.27. The van der Waals surface area contributed by atoms with Crippen molar-refractivity contribution in [2.45, 2.75) is 45.6 Å². The van der Waals surface area contributed by atoms with Gasteiger partial charge in [-0.25, -0.2) is 14.4 Å². The van der Waals surface area contributed by atoms with Crippen LogP contribution in [0.25, 0.3) is 0 Å². The molecular formula is C28H36N4O4. The van der Waals surface area contributed by atoms with E-state index in [9.17, 15) is 14.4 Å². The van der Waals surface area contributed by atoms with Gasteiger partial charge in [-0.2, -0.15) is 0 Å². The van der Waals surface area contributed by atoms with Crippen LogP contribution in [-0.2, 0) is 16.0 Å². The highest BCUT2D eigenvalue weighted by atomic mass is 16.5. The summed E-state index contributed by atoms with van der Waals surface area (Å²) < 4.78 is 4.93. The number of hydrogen-bond donors (Lipinski definition) is 2. The van der Waals surface area contributed by atoms with Gasteiger partial charge in [-0.15, -0.1) is 0 Å². The fourth-order valence-corrected chi connectivity index (χ4v) is 5.27. The van der Waals surface area contributed by atoms with Gasteiger partial charge >= 0.3 is 18.0 Å². The second kappa shape index (κ2) is 11.0. The third-order valence-electron chi connectivity index (χ3n) is 7.53. The molecule has 2 fully saturated rings. The van der Waals surface area contributed by atoms with Crippen molar-refractivity contribution in [2.24, 2.45) is 5.41 Å². The number of rotatable bonds is 5. The van der Waals surface area contributed by atoms with Gasteiger partial charge in [-0.1, -0.05) is 48.0 Å². The van der Waals surface area contributed by atoms with Crippen LogP contribution in [0, 0.1) is 19.3 Å². The van der Waals surface area contributed by atoms with E-state index < -0.39 is 12.0 Å². The first-order chi connectivity index (χ1) is 17.3. The van der Waals surface area contributed by atoms with E-state index >= 15 is 0 Å². The molecule has 2 N–H and O–H groups in total. The van der Waals surface area contributed by atoms with E-state index in [2.05, 4.69) is 16.7 Å². The minimum atomic E-state index is -0.739. The lowest BCUT2D eigenvalue weighted by Gasteiger charge is -2.39. The molecule has 0 bridgehead atoms. The maximum Gasteiger partial charge on any atom is 0.328 e. The molecule has 2 saturated heterocycles. The van der Waals surface area contributed by atoms with Crippen LogP contribution in [0.1, 0.15) is 36.0 Å². The van der Waals surface area contributed by atoms with E-state index in [0.717, 1.165) is 36.1 Å². The Balaban J connectivity index is 1.30. The van der Waals surface area contributed by atoms with Crippen LogP contribution in [0.4, 0.5) is 15.3 Å². The molecule has 1 unspecified atom stereocenters. The number of carbonyl (C=O) groups excluding carboxylic acids is 3. The largest absolute Gasteiger partial charge is 0.467 e. The predicted octanol–water partition coefficient (Wildman–Crippen LogP) is 4.12. The zero-order valence-corrected chi connectivity index (χ0v) is 21.4. The molecule has 8 nitrogen and oxygen atoms in total. The van der Waals surface area contributed by atoms with Crippen molar-refractivity contribution >= 4 is 23.7 Å². The highest BCUT2D eigenvalue weighted by Gasteiger charge is 2.43. The van der Waals surface area contributed by atoms with Gasteiger partial charge in [0.05, 0.1) is 7.11 Å². The van der Waals surface area contributed by atoms with E-state index in [1.807, 2.05) is 61.2 Å². The summed E-state index contributed by atoms with van der Waals surface area (Å²) in [4.78, 5) is 41.9. The Labute approximate surface area is 213 Å². The summed E-state index contributed by atoms with van der Waals surface area (Å²) in [6.45, 7) is 6.61. The van der Waals surface area contributed by atoms with Gasteiger partial charge in [0.25, 0.3) is 0 Å². The van der Waals surface area contributed by atoms with E-state index in [-0.39, 0.29) is 17.5 Å². The number of methoxy groups -OCH3 is 1. The van der Waals surface area contributed by atoms with Crippen molar-refractivity contribution in [3.05, 3.63) is 65.2 Å². The smallest absolute Gasteiger partial charge is 0.328 e. The van der Waals surface area contributed by atoms with Gasteiger partial charge in [-0.05, 0) is 55.7 Å². The molecule has 1 spiro atoms. The molecule has 0 radical (unpaired) electrons. The summed E-state index contributed by atoms with van der Waals surface area (Å²) in [5.41, 5.74) is 4.02. The Morgan fingerprint density at radius 3 is 2.25 bits per heavy atom. The third-order valence-corrected chi connectivity index (χ3v) is 7.53. The van der Waals surface area contributed by atoms with Gasteiger partial charge in [0, 0.05) is 38.3 Å². The van der Waals surface area contributed by atoms with Gasteiger partial charge in [0.1, 0.15) is 6.04 Å². The van der Waals surface area contributed by atoms with Gasteiger partial charge in [-0.3, -0.25) is 0 Å². The number of ether oxygens (including phenoxy) is 1. The van der Waals surface area contributed by atoms with E-state index in [4.69, 9.17) is 4.74 Å². The number of likely N-dealkylation sites (tertiary alicyclic amines) is 2. The van der Waals surface area contributed by atoms with Crippen molar-refractivity contribution < 1.29 is 19.1 Å². The van der Waals surface area contributed by atoms with Crippen LogP contribution in [0.5, 0.6) is 0 Å². The zero-order valence-electron chi connectivity index (χ0n) is 21.4. The first-order valence-corrected chi connectivity index (χ1v) is 12.6. The fraction of sp³-hybridized carbons (Fsp3) is 0.464. The Morgan fingerprint density at radius 2 is 1.61 bits per heavy atom. The number of amides is 4. The number of anilines is 1. The van der Waals surface area contributed by atoms with Crippen molar-refractivity contribution in [3.63, 3.8) is 0 Å². The normalized spacial score (nSPS) is 17.5. The molecule has 4 rings (SSSR count). The summed E-state index contributed by atoms with van der Waals surface area (Å²) in [7, 11) is 1.33. The molecule has 8 heteroatoms. The molecule has 2 aliphatic heterocycles. The van der Waals surface area contributed by atoms with Gasteiger partial charge < -0.3 is 25.2 Å². The highest BCUT2D eigenvalue weighted by molar-refractivity contribution is 5.90. The van der Waals surface area contributed by atoms with Crippen LogP contribution < -0.4 is 10.6 Å². The van der Waals surface area contributed by atoms with Crippen molar-refractivity contribution in [1.82, 2.24) is 15.1 Å². The summed E-state index contributed by atoms with van der Waals surface area (Å²) in [6.07, 6.45) is 2.97. The number of carbonyl (C=O) groups is 3. The lowest BCUT2D eigenvalue weighted by atomic mass is 9.78. The Kier molecular flexibility index (Phi) is 7.82. The number of hydrogen-bond acceptors (Lipinski definition) is 4. The SMILES string of the molecule is COC(=O)C(Cc1ccccc1)NC(=O)N1CCC2(CCN(C(=O)Nc3ccc(C)cc3C)CC2)C1. The molecule has 2 aliphatic rings. The quantitative estimate of drug-likeness (QED) is 0.615. The minimum absolute atomic E-state index is 0.00802. The number of aryl methyl sites for hydroxylation is 2. The Hall–Kier alpha value is -3.55. The van der Waals surface area contributed by atoms with E-state index in [0.29, 0.717) is 32.6 Å². The minimum Gasteiger partial charge on any atom is -0.467 e. The molecule has 0 saturated carbocycles. The van der Waals surface area contributed by atoms with Crippen LogP contribution in [-0.4, -0.2) is 67.2 Å². The molecule has 2 aromatic rings. The summed E-state index contributed by atoms with van der Waals surface area (Å²) in [5, 5.41) is 5.92. The number of esters is 1. The maximum absolute atomic E-state index is 13.1. The topological polar surface area (TPSA) is 91.0 Å². The first-order valence-electron chi connectivity index (χ1n) is 12.6. The van der Waals surface area contributed by atoms with Crippen LogP contribution in [0.2, 0.25) is 0 Å². The Bertz CT molecular complexity index is 1100. The summed E-state index contributed by atoms with van der Waals surface area (Å²) in [6, 6.07) is 14.5. The van der Waals surface area contributed by atoms with Gasteiger partial charge in [0.2, 0.25) is 0 Å². The molecule has 1 atom stereocenters. The maximum atomic E-state index is 13.1. The summed E-state index contributed by atoms with van der Waals surface area (Å²) >= 11 is 0. The van der Waals surface area contributed by atoms with Crippen LogP contribution in [0.3, 0.4) is 0 Å². The Morgan fingerprint density at radius 1 is 0.944 bits per heavy atom. The number of urea groups is 2. The number of nitrogens with zero attached hydrogens (tertiary/aromatic N) is 2. The van der Waals surface area contributed by atoms with Crippen molar-refractivity contribution in [2.75, 3.05) is 38.6 Å². The predicted molar refractivity (Wildman–Crippen MR) is 139 cm³/mol. The molecule has 4 amide bonds. The average Bonchev–Trinajstić information content (AvgIpc) is 3.29. The second-order valence-electron chi connectivity index (χ2n) is 10.1. The van der Waals surface area contributed by atoms with Crippen LogP contribution >= 0.6 is 0 Å². The van der Waals surface area contributed by atoms with E-state index in [1.165, 1.54) is 12.7 Å². The number of piperidine rings is 1. The molecular weight excluding hydrogens is 456 g/mol. The third kappa shape index (κ3) is 5.98.